The van der Waals surface area contributed by atoms with Crippen LogP contribution in [0.15, 0.2) is 42.5 Å². The van der Waals surface area contributed by atoms with Crippen molar-refractivity contribution in [3.8, 4) is 5.75 Å². The number of hydrogen-bond acceptors (Lipinski definition) is 4. The van der Waals surface area contributed by atoms with Crippen molar-refractivity contribution >= 4 is 17.5 Å². The third-order valence-electron chi connectivity index (χ3n) is 4.46. The molecule has 2 aromatic rings. The molecule has 0 radical (unpaired) electrons. The highest BCUT2D eigenvalue weighted by molar-refractivity contribution is 5.98. The first-order chi connectivity index (χ1) is 12.9. The van der Waals surface area contributed by atoms with Crippen molar-refractivity contribution in [3.05, 3.63) is 59.2 Å². The van der Waals surface area contributed by atoms with Gasteiger partial charge in [0.1, 0.15) is 5.75 Å². The molecular weight excluding hydrogens is 342 g/mol. The first-order valence-corrected chi connectivity index (χ1v) is 9.00. The number of nitrogens with one attached hydrogen (secondary N) is 1. The fraction of sp³-hybridized carbons (Fsp3) is 0.333. The van der Waals surface area contributed by atoms with E-state index in [1.165, 1.54) is 0 Å². The minimum absolute atomic E-state index is 0.0441. The van der Waals surface area contributed by atoms with Gasteiger partial charge in [-0.3, -0.25) is 9.59 Å². The van der Waals surface area contributed by atoms with Crippen molar-refractivity contribution in [2.75, 3.05) is 38.7 Å². The number of fused-ring (bicyclic) bond motifs is 1. The Hall–Kier alpha value is -2.86. The van der Waals surface area contributed by atoms with Gasteiger partial charge in [0.25, 0.3) is 11.8 Å². The Balaban J connectivity index is 1.69. The number of nitrogens with zero attached hydrogens (tertiary/aromatic N) is 2. The summed E-state index contributed by atoms with van der Waals surface area (Å²) in [5, 5.41) is 2.90. The molecule has 0 atom stereocenters. The zero-order valence-corrected chi connectivity index (χ0v) is 16.0. The van der Waals surface area contributed by atoms with Crippen molar-refractivity contribution in [1.29, 1.82) is 0 Å². The van der Waals surface area contributed by atoms with Crippen LogP contribution in [0.3, 0.4) is 0 Å². The molecular formula is C21H25N3O3. The number of carbonyl (C=O) groups excluding carboxylic acids is 2. The van der Waals surface area contributed by atoms with E-state index in [0.29, 0.717) is 18.7 Å². The second-order valence-electron chi connectivity index (χ2n) is 7.00. The van der Waals surface area contributed by atoms with E-state index in [1.54, 1.807) is 17.0 Å². The third-order valence-corrected chi connectivity index (χ3v) is 4.46. The Morgan fingerprint density at radius 3 is 2.63 bits per heavy atom. The molecule has 0 saturated heterocycles. The number of benzene rings is 2. The van der Waals surface area contributed by atoms with Gasteiger partial charge in [-0.15, -0.1) is 0 Å². The van der Waals surface area contributed by atoms with Gasteiger partial charge in [0.05, 0.1) is 12.2 Å². The van der Waals surface area contributed by atoms with Gasteiger partial charge in [-0.2, -0.15) is 0 Å². The molecule has 0 fully saturated rings. The van der Waals surface area contributed by atoms with Crippen LogP contribution in [0, 0.1) is 6.92 Å². The van der Waals surface area contributed by atoms with Crippen LogP contribution in [0.2, 0.25) is 0 Å². The summed E-state index contributed by atoms with van der Waals surface area (Å²) in [6, 6.07) is 13.2. The molecule has 3 rings (SSSR count). The summed E-state index contributed by atoms with van der Waals surface area (Å²) in [5.41, 5.74) is 3.43. The summed E-state index contributed by atoms with van der Waals surface area (Å²) in [4.78, 5) is 28.3. The summed E-state index contributed by atoms with van der Waals surface area (Å²) >= 11 is 0. The number of likely N-dealkylation sites (N-methyl/N-ethyl adjacent to an activating group) is 1. The first-order valence-electron chi connectivity index (χ1n) is 9.00. The van der Waals surface area contributed by atoms with Gasteiger partial charge in [-0.05, 0) is 56.4 Å². The molecule has 0 bridgehead atoms. The van der Waals surface area contributed by atoms with E-state index in [0.717, 1.165) is 29.1 Å². The lowest BCUT2D eigenvalue weighted by molar-refractivity contribution is -0.121. The quantitative estimate of drug-likeness (QED) is 0.850. The number of anilines is 1. The molecule has 1 heterocycles. The smallest absolute Gasteiger partial charge is 0.265 e. The lowest BCUT2D eigenvalue weighted by Gasteiger charge is -2.29. The van der Waals surface area contributed by atoms with Crippen LogP contribution >= 0.6 is 0 Å². The second-order valence-corrected chi connectivity index (χ2v) is 7.00. The number of aryl methyl sites for hydroxylation is 1. The molecule has 142 valence electrons. The SMILES string of the molecule is Cc1ccc2c(c1)N(Cc1ccc(C(=O)NCCN(C)C)cc1)C(=O)CO2. The van der Waals surface area contributed by atoms with Gasteiger partial charge < -0.3 is 19.9 Å². The van der Waals surface area contributed by atoms with Crippen LogP contribution in [-0.4, -0.2) is 50.5 Å². The van der Waals surface area contributed by atoms with Gasteiger partial charge >= 0.3 is 0 Å². The summed E-state index contributed by atoms with van der Waals surface area (Å²) < 4.78 is 5.52. The Bertz CT molecular complexity index is 831. The van der Waals surface area contributed by atoms with Crippen molar-refractivity contribution in [2.24, 2.45) is 0 Å². The van der Waals surface area contributed by atoms with E-state index in [4.69, 9.17) is 4.74 Å². The number of ether oxygens (including phenoxy) is 1. The minimum Gasteiger partial charge on any atom is -0.482 e. The van der Waals surface area contributed by atoms with Crippen LogP contribution in [0.25, 0.3) is 0 Å². The average Bonchev–Trinajstić information content (AvgIpc) is 2.64. The van der Waals surface area contributed by atoms with Gasteiger partial charge in [-0.25, -0.2) is 0 Å². The van der Waals surface area contributed by atoms with Gasteiger partial charge in [-0.1, -0.05) is 18.2 Å². The normalized spacial score (nSPS) is 13.3. The van der Waals surface area contributed by atoms with Gasteiger partial charge in [0, 0.05) is 18.7 Å². The Kier molecular flexibility index (Phi) is 5.76. The lowest BCUT2D eigenvalue weighted by atomic mass is 10.1. The largest absolute Gasteiger partial charge is 0.482 e. The van der Waals surface area contributed by atoms with E-state index in [9.17, 15) is 9.59 Å². The molecule has 1 aliphatic rings. The Morgan fingerprint density at radius 1 is 1.19 bits per heavy atom. The predicted octanol–water partition coefficient (Wildman–Crippen LogP) is 2.21. The molecule has 0 saturated carbocycles. The Morgan fingerprint density at radius 2 is 1.93 bits per heavy atom. The van der Waals surface area contributed by atoms with Crippen molar-refractivity contribution in [1.82, 2.24) is 10.2 Å². The number of hydrogen-bond donors (Lipinski definition) is 1. The maximum atomic E-state index is 12.4. The molecule has 0 aromatic heterocycles. The predicted molar refractivity (Wildman–Crippen MR) is 105 cm³/mol. The molecule has 0 unspecified atom stereocenters. The fourth-order valence-electron chi connectivity index (χ4n) is 2.92. The maximum Gasteiger partial charge on any atom is 0.265 e. The van der Waals surface area contributed by atoms with E-state index in [1.807, 2.05) is 56.3 Å². The minimum atomic E-state index is -0.0909. The summed E-state index contributed by atoms with van der Waals surface area (Å²) in [5.74, 6) is 0.558. The second kappa shape index (κ2) is 8.22. The van der Waals surface area contributed by atoms with Crippen LogP contribution in [0.1, 0.15) is 21.5 Å². The molecule has 1 aliphatic heterocycles. The van der Waals surface area contributed by atoms with Crippen LogP contribution in [0.5, 0.6) is 5.75 Å². The standard InChI is InChI=1S/C21H25N3O3/c1-15-4-9-19-18(12-15)24(20(25)14-27-19)13-16-5-7-17(8-6-16)21(26)22-10-11-23(2)3/h4-9,12H,10-11,13-14H2,1-3H3,(H,22,26). The molecule has 1 N–H and O–H groups in total. The summed E-state index contributed by atoms with van der Waals surface area (Å²) in [7, 11) is 3.93. The topological polar surface area (TPSA) is 61.9 Å². The van der Waals surface area contributed by atoms with Crippen molar-refractivity contribution in [2.45, 2.75) is 13.5 Å². The Labute approximate surface area is 159 Å². The highest BCUT2D eigenvalue weighted by atomic mass is 16.5. The highest BCUT2D eigenvalue weighted by Crippen LogP contribution is 2.33. The highest BCUT2D eigenvalue weighted by Gasteiger charge is 2.25. The first kappa shape index (κ1) is 18.9. The third kappa shape index (κ3) is 4.65. The molecule has 2 aromatic carbocycles. The number of carbonyl (C=O) groups is 2. The lowest BCUT2D eigenvalue weighted by Crippen LogP contribution is -2.38. The number of rotatable bonds is 6. The maximum absolute atomic E-state index is 12.4. The monoisotopic (exact) mass is 367 g/mol. The fourth-order valence-corrected chi connectivity index (χ4v) is 2.92. The van der Waals surface area contributed by atoms with E-state index >= 15 is 0 Å². The van der Waals surface area contributed by atoms with Crippen LogP contribution in [-0.2, 0) is 11.3 Å². The van der Waals surface area contributed by atoms with Gasteiger partial charge in [0.2, 0.25) is 0 Å². The summed E-state index contributed by atoms with van der Waals surface area (Å²) in [6.07, 6.45) is 0. The molecule has 2 amide bonds. The van der Waals surface area contributed by atoms with E-state index < -0.39 is 0 Å². The van der Waals surface area contributed by atoms with Crippen molar-refractivity contribution in [3.63, 3.8) is 0 Å². The molecule has 6 nitrogen and oxygen atoms in total. The zero-order valence-electron chi connectivity index (χ0n) is 16.0. The van der Waals surface area contributed by atoms with Crippen LogP contribution in [0.4, 0.5) is 5.69 Å². The molecule has 27 heavy (non-hydrogen) atoms. The number of amides is 2. The summed E-state index contributed by atoms with van der Waals surface area (Å²) in [6.45, 7) is 3.87. The molecule has 0 spiro atoms. The van der Waals surface area contributed by atoms with Crippen LogP contribution < -0.4 is 15.0 Å². The molecule has 6 heteroatoms. The zero-order chi connectivity index (χ0) is 19.4. The van der Waals surface area contributed by atoms with E-state index in [2.05, 4.69) is 5.32 Å². The van der Waals surface area contributed by atoms with E-state index in [-0.39, 0.29) is 18.4 Å². The average molecular weight is 367 g/mol. The van der Waals surface area contributed by atoms with Gasteiger partial charge in [0.15, 0.2) is 6.61 Å². The molecule has 0 aliphatic carbocycles. The van der Waals surface area contributed by atoms with Crippen molar-refractivity contribution < 1.29 is 14.3 Å².